The van der Waals surface area contributed by atoms with Crippen molar-refractivity contribution >= 4 is 17.9 Å². The molecule has 14 heavy (non-hydrogen) atoms. The van der Waals surface area contributed by atoms with Crippen LogP contribution in [0.5, 0.6) is 0 Å². The molecule has 1 heterocycles. The van der Waals surface area contributed by atoms with E-state index in [1.54, 1.807) is 0 Å². The van der Waals surface area contributed by atoms with E-state index in [4.69, 9.17) is 16.1 Å². The van der Waals surface area contributed by atoms with Gasteiger partial charge in [0.2, 0.25) is 0 Å². The third-order valence-electron chi connectivity index (χ3n) is 2.77. The molecule has 0 unspecified atom stereocenters. The van der Waals surface area contributed by atoms with Gasteiger partial charge in [-0.15, -0.1) is 0 Å². The van der Waals surface area contributed by atoms with E-state index in [0.29, 0.717) is 23.0 Å². The standard InChI is InChI=1S/C10H12ClNO2/c11-9-8(6-13)12-14-10(9)7-4-2-1-3-5-7/h6-7H,1-5H2. The molecule has 0 saturated heterocycles. The molecule has 1 fully saturated rings. The smallest absolute Gasteiger partial charge is 0.173 e. The molecule has 0 spiro atoms. The number of halogens is 1. The van der Waals surface area contributed by atoms with E-state index >= 15 is 0 Å². The predicted octanol–water partition coefficient (Wildman–Crippen LogP) is 3.19. The Kier molecular flexibility index (Phi) is 2.87. The van der Waals surface area contributed by atoms with Crippen molar-refractivity contribution in [1.82, 2.24) is 5.16 Å². The number of aromatic nitrogens is 1. The van der Waals surface area contributed by atoms with Gasteiger partial charge in [-0.2, -0.15) is 0 Å². The Hall–Kier alpha value is -0.830. The summed E-state index contributed by atoms with van der Waals surface area (Å²) in [6, 6.07) is 0. The van der Waals surface area contributed by atoms with Gasteiger partial charge in [0.15, 0.2) is 17.7 Å². The molecule has 1 aromatic rings. The normalized spacial score (nSPS) is 18.4. The molecule has 76 valence electrons. The lowest BCUT2D eigenvalue weighted by atomic mass is 9.87. The number of hydrogen-bond donors (Lipinski definition) is 0. The van der Waals surface area contributed by atoms with Crippen LogP contribution in [0.3, 0.4) is 0 Å². The number of rotatable bonds is 2. The Bertz CT molecular complexity index is 329. The maximum atomic E-state index is 10.5. The first-order valence-electron chi connectivity index (χ1n) is 4.93. The second-order valence-corrected chi connectivity index (χ2v) is 4.08. The summed E-state index contributed by atoms with van der Waals surface area (Å²) in [5.41, 5.74) is 0.229. The Balaban J connectivity index is 2.22. The van der Waals surface area contributed by atoms with Gasteiger partial charge < -0.3 is 4.52 Å². The van der Waals surface area contributed by atoms with Gasteiger partial charge in [0.25, 0.3) is 0 Å². The minimum atomic E-state index is 0.229. The minimum Gasteiger partial charge on any atom is -0.359 e. The molecule has 1 aromatic heterocycles. The van der Waals surface area contributed by atoms with Crippen LogP contribution in [0.15, 0.2) is 4.52 Å². The van der Waals surface area contributed by atoms with Crippen molar-refractivity contribution in [1.29, 1.82) is 0 Å². The molecule has 0 aliphatic heterocycles. The minimum absolute atomic E-state index is 0.229. The Morgan fingerprint density at radius 2 is 2.07 bits per heavy atom. The van der Waals surface area contributed by atoms with E-state index in [9.17, 15) is 4.79 Å². The molecule has 0 atom stereocenters. The number of aldehydes is 1. The summed E-state index contributed by atoms with van der Waals surface area (Å²) < 4.78 is 5.11. The van der Waals surface area contributed by atoms with Crippen LogP contribution in [0.1, 0.15) is 54.3 Å². The van der Waals surface area contributed by atoms with Gasteiger partial charge in [-0.1, -0.05) is 36.0 Å². The highest BCUT2D eigenvalue weighted by molar-refractivity contribution is 6.33. The average Bonchev–Trinajstić information content (AvgIpc) is 2.61. The first kappa shape index (κ1) is 9.71. The van der Waals surface area contributed by atoms with E-state index in [2.05, 4.69) is 5.16 Å². The van der Waals surface area contributed by atoms with Crippen molar-refractivity contribution in [3.05, 3.63) is 16.5 Å². The number of carbonyl (C=O) groups is 1. The monoisotopic (exact) mass is 213 g/mol. The van der Waals surface area contributed by atoms with E-state index in [1.165, 1.54) is 19.3 Å². The summed E-state index contributed by atoms with van der Waals surface area (Å²) in [7, 11) is 0. The molecule has 2 rings (SSSR count). The molecule has 1 saturated carbocycles. The predicted molar refractivity (Wildman–Crippen MR) is 52.7 cm³/mol. The molecule has 3 nitrogen and oxygen atoms in total. The molecular weight excluding hydrogens is 202 g/mol. The van der Waals surface area contributed by atoms with Crippen LogP contribution in [-0.4, -0.2) is 11.4 Å². The lowest BCUT2D eigenvalue weighted by Crippen LogP contribution is -2.03. The van der Waals surface area contributed by atoms with Crippen LogP contribution < -0.4 is 0 Å². The summed E-state index contributed by atoms with van der Waals surface area (Å²) >= 11 is 5.97. The van der Waals surface area contributed by atoms with Crippen LogP contribution in [0, 0.1) is 0 Å². The van der Waals surface area contributed by atoms with Gasteiger partial charge in [-0.05, 0) is 12.8 Å². The van der Waals surface area contributed by atoms with Crippen LogP contribution in [0.2, 0.25) is 5.02 Å². The molecule has 0 N–H and O–H groups in total. The third-order valence-corrected chi connectivity index (χ3v) is 3.15. The van der Waals surface area contributed by atoms with E-state index in [1.807, 2.05) is 0 Å². The third kappa shape index (κ3) is 1.69. The summed E-state index contributed by atoms with van der Waals surface area (Å²) in [6.07, 6.45) is 6.51. The maximum absolute atomic E-state index is 10.5. The molecule has 4 heteroatoms. The van der Waals surface area contributed by atoms with Gasteiger partial charge in [0, 0.05) is 5.92 Å². The van der Waals surface area contributed by atoms with Gasteiger partial charge in [0.1, 0.15) is 5.02 Å². The van der Waals surface area contributed by atoms with Gasteiger partial charge in [0.05, 0.1) is 0 Å². The lowest BCUT2D eigenvalue weighted by Gasteiger charge is -2.18. The Morgan fingerprint density at radius 1 is 1.36 bits per heavy atom. The van der Waals surface area contributed by atoms with Crippen molar-refractivity contribution in [3.63, 3.8) is 0 Å². The van der Waals surface area contributed by atoms with E-state index in [0.717, 1.165) is 12.8 Å². The number of hydrogen-bond acceptors (Lipinski definition) is 3. The zero-order valence-corrected chi connectivity index (χ0v) is 8.59. The Labute approximate surface area is 87.4 Å². The van der Waals surface area contributed by atoms with Crippen LogP contribution >= 0.6 is 11.6 Å². The summed E-state index contributed by atoms with van der Waals surface area (Å²) in [5.74, 6) is 1.06. The van der Waals surface area contributed by atoms with Crippen LogP contribution in [-0.2, 0) is 0 Å². The van der Waals surface area contributed by atoms with Crippen molar-refractivity contribution < 1.29 is 9.32 Å². The fourth-order valence-corrected chi connectivity index (χ4v) is 2.26. The number of nitrogens with zero attached hydrogens (tertiary/aromatic N) is 1. The van der Waals surface area contributed by atoms with Crippen molar-refractivity contribution in [2.75, 3.05) is 0 Å². The summed E-state index contributed by atoms with van der Waals surface area (Å²) in [4.78, 5) is 10.5. The first-order chi connectivity index (χ1) is 6.83. The fraction of sp³-hybridized carbons (Fsp3) is 0.600. The fourth-order valence-electron chi connectivity index (χ4n) is 2.00. The molecule has 0 amide bonds. The van der Waals surface area contributed by atoms with E-state index in [-0.39, 0.29) is 5.69 Å². The highest BCUT2D eigenvalue weighted by atomic mass is 35.5. The van der Waals surface area contributed by atoms with Crippen molar-refractivity contribution in [3.8, 4) is 0 Å². The molecule has 1 aliphatic rings. The van der Waals surface area contributed by atoms with Crippen molar-refractivity contribution in [2.24, 2.45) is 0 Å². The molecule has 1 aliphatic carbocycles. The highest BCUT2D eigenvalue weighted by Crippen LogP contribution is 2.37. The quantitative estimate of drug-likeness (QED) is 0.709. The summed E-state index contributed by atoms with van der Waals surface area (Å²) in [5, 5.41) is 4.04. The molecule has 0 radical (unpaired) electrons. The average molecular weight is 214 g/mol. The zero-order chi connectivity index (χ0) is 9.97. The van der Waals surface area contributed by atoms with Gasteiger partial charge >= 0.3 is 0 Å². The molecule has 0 bridgehead atoms. The maximum Gasteiger partial charge on any atom is 0.173 e. The zero-order valence-electron chi connectivity index (χ0n) is 7.83. The first-order valence-corrected chi connectivity index (χ1v) is 5.31. The summed E-state index contributed by atoms with van der Waals surface area (Å²) in [6.45, 7) is 0. The molecule has 0 aromatic carbocycles. The SMILES string of the molecule is O=Cc1noc(C2CCCCC2)c1Cl. The second kappa shape index (κ2) is 4.13. The van der Waals surface area contributed by atoms with Crippen molar-refractivity contribution in [2.45, 2.75) is 38.0 Å². The van der Waals surface area contributed by atoms with Crippen LogP contribution in [0.4, 0.5) is 0 Å². The van der Waals surface area contributed by atoms with Gasteiger partial charge in [-0.25, -0.2) is 0 Å². The van der Waals surface area contributed by atoms with Gasteiger partial charge in [-0.3, -0.25) is 4.79 Å². The van der Waals surface area contributed by atoms with Crippen LogP contribution in [0.25, 0.3) is 0 Å². The second-order valence-electron chi connectivity index (χ2n) is 3.70. The largest absolute Gasteiger partial charge is 0.359 e. The molecular formula is C10H12ClNO2. The Morgan fingerprint density at radius 3 is 2.64 bits per heavy atom. The lowest BCUT2D eigenvalue weighted by molar-refractivity contribution is 0.111. The highest BCUT2D eigenvalue weighted by Gasteiger charge is 2.24. The van der Waals surface area contributed by atoms with E-state index < -0.39 is 0 Å². The topological polar surface area (TPSA) is 43.1 Å². The number of carbonyl (C=O) groups excluding carboxylic acids is 1.